The number of aliphatic hydroxyl groups is 1. The van der Waals surface area contributed by atoms with E-state index in [1.807, 2.05) is 0 Å². The molecule has 1 aromatic heterocycles. The lowest BCUT2D eigenvalue weighted by Gasteiger charge is -2.46. The lowest BCUT2D eigenvalue weighted by molar-refractivity contribution is -0.387. The molecule has 1 saturated heterocycles. The molecular formula is C24H27N7O10S. The predicted molar refractivity (Wildman–Crippen MR) is 142 cm³/mol. The third-order valence-electron chi connectivity index (χ3n) is 6.53. The van der Waals surface area contributed by atoms with Crippen LogP contribution in [-0.2, 0) is 41.1 Å². The van der Waals surface area contributed by atoms with Crippen molar-refractivity contribution in [3.05, 3.63) is 69.5 Å². The van der Waals surface area contributed by atoms with E-state index in [-0.39, 0.29) is 24.5 Å². The minimum Gasteiger partial charge on any atom is -0.497 e. The third kappa shape index (κ3) is 6.24. The summed E-state index contributed by atoms with van der Waals surface area (Å²) in [7, 11) is -1.40. The summed E-state index contributed by atoms with van der Waals surface area (Å²) in [5.41, 5.74) is 0.0460. The molecule has 0 unspecified atom stereocenters. The maximum absolute atomic E-state index is 12.9. The Morgan fingerprint density at radius 2 is 1.86 bits per heavy atom. The van der Waals surface area contributed by atoms with Crippen LogP contribution in [0.4, 0.5) is 10.5 Å². The fourth-order valence-corrected chi connectivity index (χ4v) is 5.62. The van der Waals surface area contributed by atoms with Gasteiger partial charge in [0.05, 0.1) is 44.9 Å². The second-order valence-electron chi connectivity index (χ2n) is 8.99. The van der Waals surface area contributed by atoms with Gasteiger partial charge in [-0.3, -0.25) is 14.9 Å². The zero-order valence-electron chi connectivity index (χ0n) is 22.3. The van der Waals surface area contributed by atoms with E-state index >= 15 is 0 Å². The Balaban J connectivity index is 1.55. The number of carbonyl (C=O) groups is 2. The molecule has 1 fully saturated rings. The Morgan fingerprint density at radius 1 is 1.14 bits per heavy atom. The van der Waals surface area contributed by atoms with Gasteiger partial charge < -0.3 is 29.9 Å². The molecule has 3 aromatic rings. The third-order valence-corrected chi connectivity index (χ3v) is 7.98. The smallest absolute Gasteiger partial charge is 0.405 e. The number of methoxy groups -OCH3 is 2. The number of aliphatic hydroxyl groups excluding tert-OH is 1. The zero-order chi connectivity index (χ0) is 30.6. The van der Waals surface area contributed by atoms with Gasteiger partial charge in [-0.25, -0.2) is 17.9 Å². The van der Waals surface area contributed by atoms with Crippen LogP contribution in [0.25, 0.3) is 0 Å². The number of carboxylic acid groups (broad SMARTS) is 1. The number of amides is 2. The number of aromatic nitrogens is 3. The van der Waals surface area contributed by atoms with Crippen LogP contribution in [0.1, 0.15) is 17.0 Å². The number of likely N-dealkylation sites (tertiary alicyclic amines) is 1. The quantitative estimate of drug-likeness (QED) is 0.117. The van der Waals surface area contributed by atoms with E-state index in [0.717, 1.165) is 16.9 Å². The van der Waals surface area contributed by atoms with Crippen molar-refractivity contribution in [1.82, 2.24) is 29.9 Å². The maximum atomic E-state index is 12.9. The Morgan fingerprint density at radius 3 is 2.50 bits per heavy atom. The minimum atomic E-state index is -4.35. The number of nitrogens with one attached hydrogen (secondary N) is 2. The molecule has 4 N–H and O–H groups in total. The normalized spacial score (nSPS) is 16.5. The van der Waals surface area contributed by atoms with E-state index in [4.69, 9.17) is 9.47 Å². The van der Waals surface area contributed by atoms with Crippen molar-refractivity contribution < 1.29 is 42.6 Å². The van der Waals surface area contributed by atoms with Gasteiger partial charge in [-0.05, 0) is 18.2 Å². The molecule has 224 valence electrons. The standard InChI is InChI=1S/C24H27N7O10S/c1-40-15-8-7-14(20(9-15)41-2)11-29-19(22(23(29)33)26-24(34)35)12-30-27-16(17(13-32)28-30)10-25-42(38,39)21-6-4-3-5-18(21)31(36)37/h3-9,19,22,25-26,32H,10-13H2,1-2H3,(H,34,35)/t19-,22-/m0/s1. The Labute approximate surface area is 238 Å². The number of carbonyl (C=O) groups excluding carboxylic acids is 1. The lowest BCUT2D eigenvalue weighted by Crippen LogP contribution is -2.71. The van der Waals surface area contributed by atoms with Crippen molar-refractivity contribution in [2.24, 2.45) is 0 Å². The fraction of sp³-hybridized carbons (Fsp3) is 0.333. The summed E-state index contributed by atoms with van der Waals surface area (Å²) in [5.74, 6) is 0.491. The number of benzene rings is 2. The van der Waals surface area contributed by atoms with E-state index < -0.39 is 62.8 Å². The number of nitrogens with zero attached hydrogens (tertiary/aromatic N) is 5. The van der Waals surface area contributed by atoms with Crippen LogP contribution in [0.3, 0.4) is 0 Å². The number of β-lactam (4-membered cyclic amide) rings is 1. The van der Waals surface area contributed by atoms with Crippen LogP contribution >= 0.6 is 0 Å². The number of hydrogen-bond donors (Lipinski definition) is 4. The predicted octanol–water partition coefficient (Wildman–Crippen LogP) is 0.222. The van der Waals surface area contributed by atoms with Crippen molar-refractivity contribution in [2.75, 3.05) is 14.2 Å². The van der Waals surface area contributed by atoms with Crippen LogP contribution in [0.2, 0.25) is 0 Å². The molecule has 2 heterocycles. The van der Waals surface area contributed by atoms with E-state index in [0.29, 0.717) is 17.1 Å². The molecular weight excluding hydrogens is 578 g/mol. The average Bonchev–Trinajstić information content (AvgIpc) is 3.38. The summed E-state index contributed by atoms with van der Waals surface area (Å²) in [4.78, 5) is 36.7. The Hall–Kier alpha value is -4.81. The SMILES string of the molecule is COc1ccc(CN2C(=O)[C@@H](NC(=O)O)[C@@H]2Cn2nc(CO)c(CNS(=O)(=O)c3ccccc3[N+](=O)[O-])n2)c(OC)c1. The number of sulfonamides is 1. The highest BCUT2D eigenvalue weighted by Crippen LogP contribution is 2.31. The van der Waals surface area contributed by atoms with Crippen LogP contribution in [0.5, 0.6) is 11.5 Å². The molecule has 2 atom stereocenters. The first-order chi connectivity index (χ1) is 20.0. The molecule has 0 aliphatic carbocycles. The van der Waals surface area contributed by atoms with Gasteiger partial charge in [0.1, 0.15) is 28.9 Å². The van der Waals surface area contributed by atoms with Gasteiger partial charge in [0.15, 0.2) is 4.90 Å². The molecule has 1 aliphatic rings. The number of rotatable bonds is 13. The van der Waals surface area contributed by atoms with Gasteiger partial charge in [-0.2, -0.15) is 15.0 Å². The molecule has 2 amide bonds. The molecule has 1 aliphatic heterocycles. The molecule has 42 heavy (non-hydrogen) atoms. The summed E-state index contributed by atoms with van der Waals surface area (Å²) >= 11 is 0. The Bertz CT molecular complexity index is 1610. The number of ether oxygens (including phenoxy) is 2. The van der Waals surface area contributed by atoms with Gasteiger partial charge in [-0.1, -0.05) is 12.1 Å². The molecule has 2 aromatic carbocycles. The van der Waals surface area contributed by atoms with Gasteiger partial charge in [0, 0.05) is 24.2 Å². The number of para-hydroxylation sites is 1. The molecule has 0 bridgehead atoms. The number of hydrogen-bond acceptors (Lipinski definition) is 11. The number of nitro benzene ring substituents is 1. The van der Waals surface area contributed by atoms with Gasteiger partial charge in [0.25, 0.3) is 5.69 Å². The van der Waals surface area contributed by atoms with Crippen LogP contribution in [-0.4, -0.2) is 81.8 Å². The first-order valence-corrected chi connectivity index (χ1v) is 13.7. The Kier molecular flexibility index (Phi) is 8.88. The largest absolute Gasteiger partial charge is 0.497 e. The van der Waals surface area contributed by atoms with Crippen molar-refractivity contribution in [3.63, 3.8) is 0 Å². The molecule has 18 heteroatoms. The lowest BCUT2D eigenvalue weighted by atomic mass is 9.94. The fourth-order valence-electron chi connectivity index (χ4n) is 4.46. The second kappa shape index (κ2) is 12.4. The monoisotopic (exact) mass is 605 g/mol. The summed E-state index contributed by atoms with van der Waals surface area (Å²) in [6, 6.07) is 7.97. The van der Waals surface area contributed by atoms with Crippen LogP contribution < -0.4 is 19.5 Å². The highest BCUT2D eigenvalue weighted by Gasteiger charge is 2.49. The van der Waals surface area contributed by atoms with E-state index in [9.17, 15) is 38.3 Å². The summed E-state index contributed by atoms with van der Waals surface area (Å²) in [6.45, 7) is -1.13. The van der Waals surface area contributed by atoms with E-state index in [1.54, 1.807) is 18.2 Å². The molecule has 4 rings (SSSR count). The van der Waals surface area contributed by atoms with Gasteiger partial charge in [-0.15, -0.1) is 0 Å². The first kappa shape index (κ1) is 30.2. The second-order valence-corrected chi connectivity index (χ2v) is 10.7. The van der Waals surface area contributed by atoms with Gasteiger partial charge in [0.2, 0.25) is 15.9 Å². The molecule has 0 radical (unpaired) electrons. The highest BCUT2D eigenvalue weighted by atomic mass is 32.2. The summed E-state index contributed by atoms with van der Waals surface area (Å²) in [6.07, 6.45) is -1.41. The molecule has 0 saturated carbocycles. The van der Waals surface area contributed by atoms with Crippen molar-refractivity contribution in [2.45, 2.75) is 43.2 Å². The van der Waals surface area contributed by atoms with Crippen LogP contribution in [0, 0.1) is 10.1 Å². The zero-order valence-corrected chi connectivity index (χ0v) is 23.1. The summed E-state index contributed by atoms with van der Waals surface area (Å²) < 4.78 is 38.4. The van der Waals surface area contributed by atoms with Crippen molar-refractivity contribution in [1.29, 1.82) is 0 Å². The van der Waals surface area contributed by atoms with Gasteiger partial charge >= 0.3 is 6.09 Å². The molecule has 17 nitrogen and oxygen atoms in total. The highest BCUT2D eigenvalue weighted by molar-refractivity contribution is 7.89. The first-order valence-electron chi connectivity index (χ1n) is 12.3. The number of nitro groups is 1. The summed E-state index contributed by atoms with van der Waals surface area (Å²) in [5, 5.41) is 40.9. The minimum absolute atomic E-state index is 0.0111. The van der Waals surface area contributed by atoms with E-state index in [1.165, 1.54) is 31.3 Å². The maximum Gasteiger partial charge on any atom is 0.405 e. The van der Waals surface area contributed by atoms with Crippen LogP contribution in [0.15, 0.2) is 47.4 Å². The van der Waals surface area contributed by atoms with Crippen molar-refractivity contribution >= 4 is 27.7 Å². The molecule has 0 spiro atoms. The topological polar surface area (TPSA) is 228 Å². The average molecular weight is 606 g/mol. The van der Waals surface area contributed by atoms with Crippen molar-refractivity contribution in [3.8, 4) is 11.5 Å². The van der Waals surface area contributed by atoms with E-state index in [2.05, 4.69) is 20.2 Å².